The Morgan fingerprint density at radius 1 is 0.960 bits per heavy atom. The van der Waals surface area contributed by atoms with Gasteiger partial charge in [0.1, 0.15) is 0 Å². The van der Waals surface area contributed by atoms with E-state index < -0.39 is 0 Å². The van der Waals surface area contributed by atoms with Crippen LogP contribution in [0.2, 0.25) is 0 Å². The number of rotatable bonds is 6. The van der Waals surface area contributed by atoms with E-state index in [4.69, 9.17) is 0 Å². The Morgan fingerprint density at radius 3 is 2.28 bits per heavy atom. The van der Waals surface area contributed by atoms with E-state index >= 15 is 0 Å². The van der Waals surface area contributed by atoms with Gasteiger partial charge in [-0.05, 0) is 45.0 Å². The van der Waals surface area contributed by atoms with Gasteiger partial charge in [-0.1, -0.05) is 30.3 Å². The summed E-state index contributed by atoms with van der Waals surface area (Å²) in [5.74, 6) is 0.396. The predicted molar refractivity (Wildman–Crippen MR) is 104 cm³/mol. The number of benzene rings is 2. The zero-order valence-electron chi connectivity index (χ0n) is 14.8. The molecule has 0 heterocycles. The molecular weight excluding hydrogens is 332 g/mol. The Morgan fingerprint density at radius 2 is 1.60 bits per heavy atom. The SMILES string of the molecule is CC(C)(C)NC(=O)c1ccccc1NC(=O)CCSc1ccccc1. The monoisotopic (exact) mass is 356 g/mol. The van der Waals surface area contributed by atoms with Gasteiger partial charge < -0.3 is 10.6 Å². The number of carbonyl (C=O) groups excluding carboxylic acids is 2. The van der Waals surface area contributed by atoms with Gasteiger partial charge in [0.2, 0.25) is 5.91 Å². The second-order valence-electron chi connectivity index (χ2n) is 6.71. The van der Waals surface area contributed by atoms with Crippen LogP contribution in [0.15, 0.2) is 59.5 Å². The molecule has 2 aromatic rings. The molecule has 5 heteroatoms. The van der Waals surface area contributed by atoms with E-state index in [1.54, 1.807) is 30.0 Å². The molecule has 0 aromatic heterocycles. The van der Waals surface area contributed by atoms with E-state index in [1.165, 1.54) is 0 Å². The highest BCUT2D eigenvalue weighted by Gasteiger charge is 2.18. The van der Waals surface area contributed by atoms with Crippen LogP contribution in [0.3, 0.4) is 0 Å². The van der Waals surface area contributed by atoms with Crippen LogP contribution in [-0.2, 0) is 4.79 Å². The van der Waals surface area contributed by atoms with Crippen molar-refractivity contribution in [2.45, 2.75) is 37.6 Å². The van der Waals surface area contributed by atoms with Gasteiger partial charge in [0.05, 0.1) is 11.3 Å². The molecule has 2 amide bonds. The summed E-state index contributed by atoms with van der Waals surface area (Å²) in [6, 6.07) is 17.0. The maximum Gasteiger partial charge on any atom is 0.253 e. The van der Waals surface area contributed by atoms with Crippen LogP contribution in [0.25, 0.3) is 0 Å². The summed E-state index contributed by atoms with van der Waals surface area (Å²) in [6.45, 7) is 5.77. The van der Waals surface area contributed by atoms with Crippen LogP contribution in [0.5, 0.6) is 0 Å². The van der Waals surface area contributed by atoms with E-state index in [-0.39, 0.29) is 17.4 Å². The summed E-state index contributed by atoms with van der Waals surface area (Å²) >= 11 is 1.64. The zero-order valence-corrected chi connectivity index (χ0v) is 15.7. The summed E-state index contributed by atoms with van der Waals surface area (Å²) in [4.78, 5) is 25.7. The molecule has 25 heavy (non-hydrogen) atoms. The van der Waals surface area contributed by atoms with Crippen molar-refractivity contribution < 1.29 is 9.59 Å². The molecule has 0 bridgehead atoms. The van der Waals surface area contributed by atoms with Gasteiger partial charge in [-0.25, -0.2) is 0 Å². The van der Waals surface area contributed by atoms with Crippen molar-refractivity contribution in [3.63, 3.8) is 0 Å². The summed E-state index contributed by atoms with van der Waals surface area (Å²) < 4.78 is 0. The molecule has 2 N–H and O–H groups in total. The third-order valence-electron chi connectivity index (χ3n) is 3.28. The minimum atomic E-state index is -0.333. The molecule has 0 aliphatic rings. The summed E-state index contributed by atoms with van der Waals surface area (Å²) in [5.41, 5.74) is 0.681. The fourth-order valence-electron chi connectivity index (χ4n) is 2.19. The average Bonchev–Trinajstić information content (AvgIpc) is 2.54. The van der Waals surface area contributed by atoms with Crippen molar-refractivity contribution in [3.05, 3.63) is 60.2 Å². The van der Waals surface area contributed by atoms with E-state index in [0.29, 0.717) is 23.4 Å². The first-order chi connectivity index (χ1) is 11.8. The molecule has 2 aromatic carbocycles. The lowest BCUT2D eigenvalue weighted by molar-refractivity contribution is -0.115. The highest BCUT2D eigenvalue weighted by Crippen LogP contribution is 2.19. The third kappa shape index (κ3) is 6.63. The zero-order chi connectivity index (χ0) is 18.3. The average molecular weight is 356 g/mol. The second-order valence-corrected chi connectivity index (χ2v) is 7.88. The maximum atomic E-state index is 12.4. The number of anilines is 1. The Hall–Kier alpha value is -2.27. The lowest BCUT2D eigenvalue weighted by Gasteiger charge is -2.21. The van der Waals surface area contributed by atoms with Crippen LogP contribution in [0, 0.1) is 0 Å². The Labute approximate surface area is 153 Å². The number of hydrogen-bond donors (Lipinski definition) is 2. The van der Waals surface area contributed by atoms with Crippen LogP contribution >= 0.6 is 11.8 Å². The first-order valence-corrected chi connectivity index (χ1v) is 9.23. The lowest BCUT2D eigenvalue weighted by Crippen LogP contribution is -2.40. The summed E-state index contributed by atoms with van der Waals surface area (Å²) in [6.07, 6.45) is 0.384. The number of carbonyl (C=O) groups is 2. The normalized spacial score (nSPS) is 11.0. The van der Waals surface area contributed by atoms with Gasteiger partial charge in [-0.2, -0.15) is 0 Å². The van der Waals surface area contributed by atoms with Gasteiger partial charge in [0, 0.05) is 22.6 Å². The first-order valence-electron chi connectivity index (χ1n) is 8.24. The molecule has 132 valence electrons. The third-order valence-corrected chi connectivity index (χ3v) is 4.29. The molecule has 0 spiro atoms. The molecule has 0 atom stereocenters. The molecule has 0 aliphatic carbocycles. The number of nitrogens with one attached hydrogen (secondary N) is 2. The summed E-state index contributed by atoms with van der Waals surface area (Å²) in [5, 5.41) is 5.77. The van der Waals surface area contributed by atoms with Gasteiger partial charge in [-0.15, -0.1) is 11.8 Å². The first kappa shape index (κ1) is 19.1. The van der Waals surface area contributed by atoms with E-state index in [0.717, 1.165) is 4.90 Å². The van der Waals surface area contributed by atoms with Crippen LogP contribution in [0.1, 0.15) is 37.6 Å². The standard InChI is InChI=1S/C20H24N2O2S/c1-20(2,3)22-19(24)16-11-7-8-12-17(16)21-18(23)13-14-25-15-9-5-4-6-10-15/h4-12H,13-14H2,1-3H3,(H,21,23)(H,22,24). The van der Waals surface area contributed by atoms with Crippen molar-refractivity contribution in [2.75, 3.05) is 11.1 Å². The number of amides is 2. The molecule has 0 fully saturated rings. The van der Waals surface area contributed by atoms with Crippen molar-refractivity contribution in [2.24, 2.45) is 0 Å². The van der Waals surface area contributed by atoms with Crippen LogP contribution in [0.4, 0.5) is 5.69 Å². The van der Waals surface area contributed by atoms with E-state index in [2.05, 4.69) is 10.6 Å². The van der Waals surface area contributed by atoms with Crippen LogP contribution in [-0.4, -0.2) is 23.1 Å². The highest BCUT2D eigenvalue weighted by atomic mass is 32.2. The Kier molecular flexibility index (Phi) is 6.65. The molecule has 0 aliphatic heterocycles. The van der Waals surface area contributed by atoms with Gasteiger partial charge >= 0.3 is 0 Å². The van der Waals surface area contributed by atoms with E-state index in [1.807, 2.05) is 57.2 Å². The van der Waals surface area contributed by atoms with Crippen LogP contribution < -0.4 is 10.6 Å². The second kappa shape index (κ2) is 8.72. The highest BCUT2D eigenvalue weighted by molar-refractivity contribution is 7.99. The van der Waals surface area contributed by atoms with E-state index in [9.17, 15) is 9.59 Å². The number of hydrogen-bond acceptors (Lipinski definition) is 3. The number of thioether (sulfide) groups is 1. The Bertz CT molecular complexity index is 724. The minimum absolute atomic E-state index is 0.0977. The fourth-order valence-corrected chi connectivity index (χ4v) is 3.06. The topological polar surface area (TPSA) is 58.2 Å². The van der Waals surface area contributed by atoms with Crippen molar-refractivity contribution >= 4 is 29.3 Å². The molecule has 2 rings (SSSR count). The summed E-state index contributed by atoms with van der Waals surface area (Å²) in [7, 11) is 0. The number of para-hydroxylation sites is 1. The molecule has 4 nitrogen and oxygen atoms in total. The smallest absolute Gasteiger partial charge is 0.253 e. The van der Waals surface area contributed by atoms with Gasteiger partial charge in [0.15, 0.2) is 0 Å². The van der Waals surface area contributed by atoms with Crippen molar-refractivity contribution in [1.29, 1.82) is 0 Å². The molecule has 0 radical (unpaired) electrons. The molecule has 0 unspecified atom stereocenters. The fraction of sp³-hybridized carbons (Fsp3) is 0.300. The van der Waals surface area contributed by atoms with Crippen molar-refractivity contribution in [1.82, 2.24) is 5.32 Å². The van der Waals surface area contributed by atoms with Gasteiger partial charge in [0.25, 0.3) is 5.91 Å². The molecule has 0 saturated heterocycles. The molecular formula is C20H24N2O2S. The van der Waals surface area contributed by atoms with Crippen molar-refractivity contribution in [3.8, 4) is 0 Å². The molecule has 0 saturated carbocycles. The largest absolute Gasteiger partial charge is 0.347 e. The predicted octanol–water partition coefficient (Wildman–Crippen LogP) is 4.34. The maximum absolute atomic E-state index is 12.4. The minimum Gasteiger partial charge on any atom is -0.347 e. The van der Waals surface area contributed by atoms with Gasteiger partial charge in [-0.3, -0.25) is 9.59 Å². The Balaban J connectivity index is 1.93. The lowest BCUT2D eigenvalue weighted by atomic mass is 10.1. The quantitative estimate of drug-likeness (QED) is 0.757.